The molecule has 2 saturated heterocycles. The quantitative estimate of drug-likeness (QED) is 0.769. The molecule has 1 aliphatic carbocycles. The van der Waals surface area contributed by atoms with Crippen LogP contribution in [-0.4, -0.2) is 17.1 Å². The van der Waals surface area contributed by atoms with E-state index in [0.29, 0.717) is 17.8 Å². The Balaban J connectivity index is 1.60. The summed E-state index contributed by atoms with van der Waals surface area (Å²) in [6.07, 6.45) is 10.3. The Bertz CT molecular complexity index is 578. The van der Waals surface area contributed by atoms with Crippen LogP contribution in [-0.2, 0) is 0 Å². The van der Waals surface area contributed by atoms with E-state index in [2.05, 4.69) is 28.1 Å². The Morgan fingerprint density at radius 1 is 1.15 bits per heavy atom. The fourth-order valence-electron chi connectivity index (χ4n) is 3.79. The molecule has 0 spiro atoms. The first-order valence-electron chi connectivity index (χ1n) is 7.68. The largest absolute Gasteiger partial charge is 0.350 e. The smallest absolute Gasteiger partial charge is 0.142 e. The molecule has 0 amide bonds. The van der Waals surface area contributed by atoms with Crippen LogP contribution in [0, 0.1) is 17.2 Å². The third-order valence-electron chi connectivity index (χ3n) is 4.82. The zero-order chi connectivity index (χ0) is 13.5. The van der Waals surface area contributed by atoms with Gasteiger partial charge in [0.2, 0.25) is 0 Å². The van der Waals surface area contributed by atoms with Crippen LogP contribution in [0.4, 0.5) is 5.82 Å². The molecular weight excluding hydrogens is 246 g/mol. The number of anilines is 1. The topological polar surface area (TPSA) is 39.9 Å². The fourth-order valence-corrected chi connectivity index (χ4v) is 3.79. The molecule has 2 aliphatic heterocycles. The molecule has 20 heavy (non-hydrogen) atoms. The third kappa shape index (κ3) is 2.10. The summed E-state index contributed by atoms with van der Waals surface area (Å²) in [5, 5.41) is 9.02. The van der Waals surface area contributed by atoms with Gasteiger partial charge in [-0.25, -0.2) is 4.98 Å². The summed E-state index contributed by atoms with van der Waals surface area (Å²) >= 11 is 0. The predicted molar refractivity (Wildman–Crippen MR) is 78.3 cm³/mol. The minimum atomic E-state index is 0.529. The summed E-state index contributed by atoms with van der Waals surface area (Å²) in [7, 11) is 0. The molecule has 2 unspecified atom stereocenters. The second-order valence-corrected chi connectivity index (χ2v) is 6.36. The predicted octanol–water partition coefficient (Wildman–Crippen LogP) is 3.42. The lowest BCUT2D eigenvalue weighted by Gasteiger charge is -2.37. The summed E-state index contributed by atoms with van der Waals surface area (Å²) in [5.41, 5.74) is 2.20. The van der Waals surface area contributed by atoms with Crippen molar-refractivity contribution in [2.45, 2.75) is 50.6 Å². The zero-order valence-corrected chi connectivity index (χ0v) is 11.6. The maximum atomic E-state index is 9.02. The molecule has 0 N–H and O–H groups in total. The van der Waals surface area contributed by atoms with Crippen molar-refractivity contribution in [3.63, 3.8) is 0 Å². The molecule has 1 aromatic rings. The Hall–Kier alpha value is -1.82. The van der Waals surface area contributed by atoms with E-state index in [1.807, 2.05) is 6.07 Å². The van der Waals surface area contributed by atoms with Gasteiger partial charge in [-0.1, -0.05) is 17.7 Å². The van der Waals surface area contributed by atoms with Gasteiger partial charge < -0.3 is 4.90 Å². The van der Waals surface area contributed by atoms with Crippen molar-refractivity contribution >= 4 is 5.82 Å². The van der Waals surface area contributed by atoms with Gasteiger partial charge in [0, 0.05) is 12.1 Å². The van der Waals surface area contributed by atoms with Crippen LogP contribution >= 0.6 is 0 Å². The average molecular weight is 265 g/mol. The first-order chi connectivity index (χ1) is 9.83. The molecule has 4 rings (SSSR count). The highest BCUT2D eigenvalue weighted by molar-refractivity contribution is 5.47. The molecule has 3 heteroatoms. The number of piperidine rings is 1. The van der Waals surface area contributed by atoms with E-state index in [1.165, 1.54) is 38.5 Å². The lowest BCUT2D eigenvalue weighted by Crippen LogP contribution is -2.41. The van der Waals surface area contributed by atoms with E-state index < -0.39 is 0 Å². The highest BCUT2D eigenvalue weighted by Gasteiger charge is 2.39. The molecule has 2 bridgehead atoms. The number of hydrogen-bond acceptors (Lipinski definition) is 3. The van der Waals surface area contributed by atoms with Gasteiger partial charge in [-0.3, -0.25) is 0 Å². The molecule has 1 aromatic heterocycles. The number of nitriles is 1. The van der Waals surface area contributed by atoms with Crippen LogP contribution in [0.15, 0.2) is 29.8 Å². The number of nitrogens with zero attached hydrogens (tertiary/aromatic N) is 3. The van der Waals surface area contributed by atoms with E-state index in [9.17, 15) is 0 Å². The highest BCUT2D eigenvalue weighted by Crippen LogP contribution is 2.42. The molecule has 3 aliphatic rings. The van der Waals surface area contributed by atoms with Crippen LogP contribution in [0.2, 0.25) is 0 Å². The Kier molecular flexibility index (Phi) is 2.77. The van der Waals surface area contributed by atoms with Gasteiger partial charge in [0.1, 0.15) is 17.6 Å². The number of aromatic nitrogens is 1. The van der Waals surface area contributed by atoms with Gasteiger partial charge in [0.15, 0.2) is 0 Å². The van der Waals surface area contributed by atoms with Crippen LogP contribution in [0.1, 0.15) is 44.2 Å². The van der Waals surface area contributed by atoms with Crippen molar-refractivity contribution in [2.24, 2.45) is 5.92 Å². The maximum Gasteiger partial charge on any atom is 0.142 e. The van der Waals surface area contributed by atoms with Crippen LogP contribution < -0.4 is 4.90 Å². The van der Waals surface area contributed by atoms with Gasteiger partial charge in [-0.05, 0) is 56.6 Å². The van der Waals surface area contributed by atoms with Crippen LogP contribution in [0.25, 0.3) is 0 Å². The molecule has 1 saturated carbocycles. The van der Waals surface area contributed by atoms with E-state index in [4.69, 9.17) is 5.26 Å². The van der Waals surface area contributed by atoms with Crippen molar-refractivity contribution in [1.29, 1.82) is 5.26 Å². The van der Waals surface area contributed by atoms with Gasteiger partial charge >= 0.3 is 0 Å². The zero-order valence-electron chi connectivity index (χ0n) is 11.6. The molecule has 3 fully saturated rings. The number of pyridine rings is 1. The summed E-state index contributed by atoms with van der Waals surface area (Å²) in [4.78, 5) is 6.98. The minimum absolute atomic E-state index is 0.529. The fraction of sp³-hybridized carbons (Fsp3) is 0.529. The van der Waals surface area contributed by atoms with E-state index in [1.54, 1.807) is 11.6 Å². The normalized spacial score (nSPS) is 28.4. The SMILES string of the molecule is N#Cc1cccc(N2C3CCC2CC(=CC2CC2)C3)n1. The minimum Gasteiger partial charge on any atom is -0.350 e. The summed E-state index contributed by atoms with van der Waals surface area (Å²) < 4.78 is 0. The number of allylic oxidation sites excluding steroid dienone is 1. The molecule has 3 heterocycles. The first kappa shape index (κ1) is 12.0. The lowest BCUT2D eigenvalue weighted by atomic mass is 9.95. The summed E-state index contributed by atoms with van der Waals surface area (Å²) in [6.45, 7) is 0. The number of rotatable bonds is 2. The highest BCUT2D eigenvalue weighted by atomic mass is 15.3. The Morgan fingerprint density at radius 2 is 1.90 bits per heavy atom. The first-order valence-corrected chi connectivity index (χ1v) is 7.68. The summed E-state index contributed by atoms with van der Waals surface area (Å²) in [6, 6.07) is 9.14. The van der Waals surface area contributed by atoms with Crippen molar-refractivity contribution in [3.8, 4) is 6.07 Å². The van der Waals surface area contributed by atoms with Crippen LogP contribution in [0.5, 0.6) is 0 Å². The molecule has 102 valence electrons. The van der Waals surface area contributed by atoms with E-state index >= 15 is 0 Å². The lowest BCUT2D eigenvalue weighted by molar-refractivity contribution is 0.541. The molecular formula is C17H19N3. The number of fused-ring (bicyclic) bond motifs is 2. The third-order valence-corrected chi connectivity index (χ3v) is 4.82. The molecule has 0 radical (unpaired) electrons. The second kappa shape index (κ2) is 4.63. The number of hydrogen-bond donors (Lipinski definition) is 0. The van der Waals surface area contributed by atoms with Gasteiger partial charge in [-0.15, -0.1) is 0 Å². The Morgan fingerprint density at radius 3 is 2.55 bits per heavy atom. The van der Waals surface area contributed by atoms with Crippen molar-refractivity contribution in [2.75, 3.05) is 4.90 Å². The molecule has 2 atom stereocenters. The standard InChI is InChI=1S/C17H19N3/c18-11-14-2-1-3-17(19-14)20-15-6-7-16(20)10-13(9-15)8-12-4-5-12/h1-3,8,12,15-16H,4-7,9-10H2. The second-order valence-electron chi connectivity index (χ2n) is 6.36. The van der Waals surface area contributed by atoms with Gasteiger partial charge in [0.05, 0.1) is 0 Å². The Labute approximate surface area is 119 Å². The average Bonchev–Trinajstić information content (AvgIpc) is 3.24. The van der Waals surface area contributed by atoms with Gasteiger partial charge in [-0.2, -0.15) is 5.26 Å². The monoisotopic (exact) mass is 265 g/mol. The van der Waals surface area contributed by atoms with E-state index in [0.717, 1.165) is 11.7 Å². The maximum absolute atomic E-state index is 9.02. The van der Waals surface area contributed by atoms with Crippen molar-refractivity contribution in [3.05, 3.63) is 35.5 Å². The van der Waals surface area contributed by atoms with Crippen LogP contribution in [0.3, 0.4) is 0 Å². The van der Waals surface area contributed by atoms with Crippen molar-refractivity contribution in [1.82, 2.24) is 4.98 Å². The van der Waals surface area contributed by atoms with E-state index in [-0.39, 0.29) is 0 Å². The molecule has 3 nitrogen and oxygen atoms in total. The van der Waals surface area contributed by atoms with Gasteiger partial charge in [0.25, 0.3) is 0 Å². The van der Waals surface area contributed by atoms with Crippen molar-refractivity contribution < 1.29 is 0 Å². The molecule has 0 aromatic carbocycles. The summed E-state index contributed by atoms with van der Waals surface area (Å²) in [5.74, 6) is 1.89.